The van der Waals surface area contributed by atoms with E-state index in [1.807, 2.05) is 0 Å². The molecule has 0 unspecified atom stereocenters. The van der Waals surface area contributed by atoms with Crippen LogP contribution in [0.5, 0.6) is 5.88 Å². The highest BCUT2D eigenvalue weighted by Crippen LogP contribution is 2.43. The van der Waals surface area contributed by atoms with Crippen LogP contribution in [0.3, 0.4) is 0 Å². The molecule has 3 N–H and O–H groups in total. The highest BCUT2D eigenvalue weighted by Gasteiger charge is 2.41. The van der Waals surface area contributed by atoms with Gasteiger partial charge < -0.3 is 15.0 Å². The summed E-state index contributed by atoms with van der Waals surface area (Å²) in [7, 11) is -4.05. The molecule has 3 heterocycles. The number of pyridine rings is 1. The summed E-state index contributed by atoms with van der Waals surface area (Å²) in [5.41, 5.74) is -0.799. The van der Waals surface area contributed by atoms with Gasteiger partial charge in [0.05, 0.1) is 29.1 Å². The summed E-state index contributed by atoms with van der Waals surface area (Å²) in [4.78, 5) is 18.5. The van der Waals surface area contributed by atoms with E-state index in [9.17, 15) is 30.8 Å². The monoisotopic (exact) mass is 502 g/mol. The van der Waals surface area contributed by atoms with Crippen molar-refractivity contribution < 1.29 is 35.5 Å². The minimum absolute atomic E-state index is 0.0469. The predicted octanol–water partition coefficient (Wildman–Crippen LogP) is 3.48. The molecule has 1 saturated heterocycles. The number of nitrogens with zero attached hydrogens (tertiary/aromatic N) is 2. The van der Waals surface area contributed by atoms with E-state index in [2.05, 4.69) is 10.3 Å². The first-order valence-corrected chi connectivity index (χ1v) is 12.0. The number of sulfonamides is 1. The van der Waals surface area contributed by atoms with Gasteiger partial charge in [0.15, 0.2) is 0 Å². The van der Waals surface area contributed by atoms with Gasteiger partial charge in [0.25, 0.3) is 11.8 Å². The Morgan fingerprint density at radius 3 is 2.62 bits per heavy atom. The van der Waals surface area contributed by atoms with E-state index in [4.69, 9.17) is 9.88 Å². The number of benzene rings is 1. The first-order chi connectivity index (χ1) is 15.9. The first kappa shape index (κ1) is 24.2. The molecule has 4 rings (SSSR count). The molecule has 184 valence electrons. The Hall–Kier alpha value is -2.93. The normalized spacial score (nSPS) is 19.5. The molecule has 1 amide bonds. The van der Waals surface area contributed by atoms with E-state index >= 15 is 0 Å². The standard InChI is InChI=1S/C21H22F4N4O4S/c22-20(23)5-2-8-29(9-6-20)17-15(12-16-19(28-17)33-10-7-21(16,24)25)18(30)27-13-3-1-4-14(11-13)34(26,31)32/h1,3-4,11-12H,2,5-10H2,(H,27,30)(H2,26,31,32). The SMILES string of the molecule is NS(=O)(=O)c1cccc(NC(=O)c2cc3c(nc2N2CCCC(F)(F)CC2)OCCC3(F)F)c1. The number of nitrogens with one attached hydrogen (secondary N) is 1. The number of carbonyl (C=O) groups is 1. The van der Waals surface area contributed by atoms with Crippen LogP contribution in [0.2, 0.25) is 0 Å². The maximum atomic E-state index is 14.5. The Morgan fingerprint density at radius 1 is 1.12 bits per heavy atom. The molecule has 13 heteroatoms. The van der Waals surface area contributed by atoms with Gasteiger partial charge in [-0.1, -0.05) is 6.07 Å². The molecule has 0 saturated carbocycles. The lowest BCUT2D eigenvalue weighted by atomic mass is 10.0. The zero-order valence-corrected chi connectivity index (χ0v) is 18.7. The summed E-state index contributed by atoms with van der Waals surface area (Å²) in [6.07, 6.45) is -1.32. The maximum Gasteiger partial charge on any atom is 0.281 e. The number of ether oxygens (including phenoxy) is 1. The number of carbonyl (C=O) groups excluding carboxylic acids is 1. The van der Waals surface area contributed by atoms with Crippen LogP contribution in [0.1, 0.15) is 41.6 Å². The summed E-state index contributed by atoms with van der Waals surface area (Å²) in [6.45, 7) is -0.286. The quantitative estimate of drug-likeness (QED) is 0.619. The molecule has 1 aromatic heterocycles. The molecule has 34 heavy (non-hydrogen) atoms. The van der Waals surface area contributed by atoms with Crippen molar-refractivity contribution in [1.82, 2.24) is 4.98 Å². The zero-order chi connectivity index (χ0) is 24.7. The van der Waals surface area contributed by atoms with Gasteiger partial charge in [0.1, 0.15) is 5.82 Å². The van der Waals surface area contributed by atoms with Gasteiger partial charge in [0.2, 0.25) is 21.8 Å². The molecule has 2 aromatic rings. The molecular weight excluding hydrogens is 480 g/mol. The lowest BCUT2D eigenvalue weighted by Crippen LogP contribution is -2.32. The summed E-state index contributed by atoms with van der Waals surface area (Å²) >= 11 is 0. The number of amides is 1. The minimum atomic E-state index is -4.05. The minimum Gasteiger partial charge on any atom is -0.477 e. The molecular formula is C21H22F4N4O4S. The highest BCUT2D eigenvalue weighted by atomic mass is 32.2. The Bertz CT molecular complexity index is 1220. The number of fused-ring (bicyclic) bond motifs is 1. The second-order valence-electron chi connectivity index (χ2n) is 8.24. The molecule has 1 fully saturated rings. The number of aromatic nitrogens is 1. The van der Waals surface area contributed by atoms with Crippen molar-refractivity contribution in [1.29, 1.82) is 0 Å². The van der Waals surface area contributed by atoms with Crippen LogP contribution in [0, 0.1) is 0 Å². The van der Waals surface area contributed by atoms with Gasteiger partial charge in [-0.3, -0.25) is 4.79 Å². The second-order valence-corrected chi connectivity index (χ2v) is 9.80. The fourth-order valence-corrected chi connectivity index (χ4v) is 4.46. The molecule has 8 nitrogen and oxygen atoms in total. The van der Waals surface area contributed by atoms with Crippen molar-refractivity contribution in [3.8, 4) is 5.88 Å². The van der Waals surface area contributed by atoms with Gasteiger partial charge >= 0.3 is 0 Å². The third kappa shape index (κ3) is 5.09. The Balaban J connectivity index is 1.74. The molecule has 1 aromatic carbocycles. The summed E-state index contributed by atoms with van der Waals surface area (Å²) in [6, 6.07) is 6.04. The lowest BCUT2D eigenvalue weighted by molar-refractivity contribution is -0.0420. The van der Waals surface area contributed by atoms with Crippen molar-refractivity contribution in [3.05, 3.63) is 41.5 Å². The molecule has 0 spiro atoms. The smallest absolute Gasteiger partial charge is 0.281 e. The van der Waals surface area contributed by atoms with E-state index in [1.54, 1.807) is 0 Å². The predicted molar refractivity (Wildman–Crippen MR) is 115 cm³/mol. The van der Waals surface area contributed by atoms with Crippen LogP contribution in [0.15, 0.2) is 35.2 Å². The van der Waals surface area contributed by atoms with Crippen molar-refractivity contribution in [3.63, 3.8) is 0 Å². The van der Waals surface area contributed by atoms with Gasteiger partial charge in [-0.05, 0) is 30.7 Å². The highest BCUT2D eigenvalue weighted by molar-refractivity contribution is 7.89. The molecule has 0 radical (unpaired) electrons. The van der Waals surface area contributed by atoms with E-state index in [0.29, 0.717) is 0 Å². The number of primary sulfonamides is 1. The lowest BCUT2D eigenvalue weighted by Gasteiger charge is -2.29. The van der Waals surface area contributed by atoms with E-state index < -0.39 is 46.2 Å². The fraction of sp³-hybridized carbons (Fsp3) is 0.429. The van der Waals surface area contributed by atoms with Gasteiger partial charge in [-0.2, -0.15) is 4.98 Å². The Kier molecular flexibility index (Phi) is 6.19. The van der Waals surface area contributed by atoms with Gasteiger partial charge in [-0.25, -0.2) is 31.1 Å². The summed E-state index contributed by atoms with van der Waals surface area (Å²) < 4.78 is 85.4. The summed E-state index contributed by atoms with van der Waals surface area (Å²) in [5.74, 6) is -7.46. The molecule has 0 atom stereocenters. The number of alkyl halides is 4. The van der Waals surface area contributed by atoms with Crippen molar-refractivity contribution in [2.24, 2.45) is 5.14 Å². The van der Waals surface area contributed by atoms with Crippen molar-refractivity contribution >= 4 is 27.4 Å². The van der Waals surface area contributed by atoms with Crippen molar-refractivity contribution in [2.75, 3.05) is 29.9 Å². The van der Waals surface area contributed by atoms with E-state index in [0.717, 1.165) is 12.1 Å². The number of nitrogens with two attached hydrogens (primary N) is 1. The van der Waals surface area contributed by atoms with E-state index in [1.165, 1.54) is 23.1 Å². The van der Waals surface area contributed by atoms with Crippen LogP contribution in [-0.2, 0) is 15.9 Å². The van der Waals surface area contributed by atoms with Gasteiger partial charge in [-0.15, -0.1) is 0 Å². The van der Waals surface area contributed by atoms with Gasteiger partial charge in [0, 0.05) is 31.6 Å². The topological polar surface area (TPSA) is 115 Å². The number of anilines is 2. The van der Waals surface area contributed by atoms with Crippen molar-refractivity contribution in [2.45, 2.75) is 42.4 Å². The molecule has 0 bridgehead atoms. The average molecular weight is 502 g/mol. The van der Waals surface area contributed by atoms with E-state index in [-0.39, 0.29) is 60.4 Å². The Morgan fingerprint density at radius 2 is 1.88 bits per heavy atom. The molecule has 2 aliphatic heterocycles. The second kappa shape index (κ2) is 8.69. The first-order valence-electron chi connectivity index (χ1n) is 10.5. The van der Waals surface area contributed by atoms with Crippen LogP contribution < -0.4 is 20.1 Å². The number of hydrogen-bond acceptors (Lipinski definition) is 6. The van der Waals surface area contributed by atoms with Crippen LogP contribution in [0.4, 0.5) is 29.1 Å². The maximum absolute atomic E-state index is 14.5. The van der Waals surface area contributed by atoms with Crippen LogP contribution in [0.25, 0.3) is 0 Å². The third-order valence-electron chi connectivity index (χ3n) is 5.70. The molecule has 0 aliphatic carbocycles. The van der Waals surface area contributed by atoms with Crippen LogP contribution in [-0.4, -0.2) is 44.9 Å². The zero-order valence-electron chi connectivity index (χ0n) is 17.9. The third-order valence-corrected chi connectivity index (χ3v) is 6.61. The number of halogens is 4. The largest absolute Gasteiger partial charge is 0.477 e. The number of hydrogen-bond donors (Lipinski definition) is 2. The summed E-state index contributed by atoms with van der Waals surface area (Å²) in [5, 5.41) is 7.57. The average Bonchev–Trinajstić information content (AvgIpc) is 2.93. The van der Waals surface area contributed by atoms with Crippen LogP contribution >= 0.6 is 0 Å². The molecule has 2 aliphatic rings. The number of rotatable bonds is 4. The Labute approximate surface area is 193 Å². The fourth-order valence-electron chi connectivity index (χ4n) is 3.90.